The molecule has 0 saturated carbocycles. The minimum absolute atomic E-state index is 0.0276. The van der Waals surface area contributed by atoms with Crippen molar-refractivity contribution < 1.29 is 9.53 Å². The molecule has 1 heterocycles. The maximum Gasteiger partial charge on any atom is 0.246 e. The van der Waals surface area contributed by atoms with Crippen molar-refractivity contribution in [1.29, 1.82) is 0 Å². The summed E-state index contributed by atoms with van der Waals surface area (Å²) in [6, 6.07) is 6.01. The summed E-state index contributed by atoms with van der Waals surface area (Å²) < 4.78 is 6.55. The van der Waals surface area contributed by atoms with E-state index in [-0.39, 0.29) is 18.6 Å². The first kappa shape index (κ1) is 10.6. The third kappa shape index (κ3) is 2.21. The van der Waals surface area contributed by atoms with Crippen molar-refractivity contribution >= 4 is 21.8 Å². The van der Waals surface area contributed by atoms with Crippen molar-refractivity contribution in [3.05, 3.63) is 33.8 Å². The Bertz CT molecular complexity index is 382. The molecule has 1 aliphatic heterocycles. The Morgan fingerprint density at radius 3 is 3.00 bits per heavy atom. The number of carbonyl (C=O) groups is 1. The molecule has 1 saturated heterocycles. The predicted octanol–water partition coefficient (Wildman–Crippen LogP) is 1.95. The molecule has 0 unspecified atom stereocenters. The van der Waals surface area contributed by atoms with Crippen LogP contribution in [0.5, 0.6) is 0 Å². The first-order chi connectivity index (χ1) is 7.18. The zero-order chi connectivity index (χ0) is 10.8. The molecule has 1 amide bonds. The quantitative estimate of drug-likeness (QED) is 0.847. The summed E-state index contributed by atoms with van der Waals surface area (Å²) >= 11 is 3.48. The van der Waals surface area contributed by atoms with E-state index >= 15 is 0 Å². The SMILES string of the molecule is Cc1c(Br)cccc1[C@@H]1CNC(=O)CO1. The van der Waals surface area contributed by atoms with Crippen LogP contribution in [0.15, 0.2) is 22.7 Å². The number of halogens is 1. The molecule has 1 N–H and O–H groups in total. The van der Waals surface area contributed by atoms with E-state index in [4.69, 9.17) is 4.74 Å². The predicted molar refractivity (Wildman–Crippen MR) is 60.6 cm³/mol. The van der Waals surface area contributed by atoms with Gasteiger partial charge >= 0.3 is 0 Å². The van der Waals surface area contributed by atoms with Crippen molar-refractivity contribution in [1.82, 2.24) is 5.32 Å². The van der Waals surface area contributed by atoms with Crippen LogP contribution in [0, 0.1) is 6.92 Å². The number of benzene rings is 1. The third-order valence-electron chi connectivity index (χ3n) is 2.56. The Hall–Kier alpha value is -0.870. The maximum absolute atomic E-state index is 10.9. The van der Waals surface area contributed by atoms with E-state index in [0.717, 1.165) is 10.0 Å². The van der Waals surface area contributed by atoms with Crippen molar-refractivity contribution in [2.24, 2.45) is 0 Å². The van der Waals surface area contributed by atoms with Crippen LogP contribution in [0.2, 0.25) is 0 Å². The topological polar surface area (TPSA) is 38.3 Å². The first-order valence-electron chi connectivity index (χ1n) is 4.82. The summed E-state index contributed by atoms with van der Waals surface area (Å²) in [5.74, 6) is -0.0427. The molecule has 1 aromatic carbocycles. The number of morpholine rings is 1. The fourth-order valence-electron chi connectivity index (χ4n) is 1.67. The molecule has 1 aliphatic rings. The molecule has 0 radical (unpaired) electrons. The lowest BCUT2D eigenvalue weighted by Gasteiger charge is -2.25. The second-order valence-corrected chi connectivity index (χ2v) is 4.41. The van der Waals surface area contributed by atoms with Gasteiger partial charge in [0.2, 0.25) is 5.91 Å². The monoisotopic (exact) mass is 269 g/mol. The minimum Gasteiger partial charge on any atom is -0.362 e. The van der Waals surface area contributed by atoms with E-state index in [0.29, 0.717) is 6.54 Å². The largest absolute Gasteiger partial charge is 0.362 e. The Kier molecular flexibility index (Phi) is 3.07. The van der Waals surface area contributed by atoms with Gasteiger partial charge in [0.05, 0.1) is 0 Å². The van der Waals surface area contributed by atoms with Gasteiger partial charge in [0.1, 0.15) is 12.7 Å². The van der Waals surface area contributed by atoms with E-state index < -0.39 is 0 Å². The Morgan fingerprint density at radius 2 is 2.33 bits per heavy atom. The van der Waals surface area contributed by atoms with Gasteiger partial charge in [0, 0.05) is 11.0 Å². The highest BCUT2D eigenvalue weighted by molar-refractivity contribution is 9.10. The number of nitrogens with one attached hydrogen (secondary N) is 1. The highest BCUT2D eigenvalue weighted by atomic mass is 79.9. The molecule has 0 aromatic heterocycles. The smallest absolute Gasteiger partial charge is 0.246 e. The summed E-state index contributed by atoms with van der Waals surface area (Å²) in [5.41, 5.74) is 2.29. The molecule has 80 valence electrons. The second-order valence-electron chi connectivity index (χ2n) is 3.56. The van der Waals surface area contributed by atoms with Crippen LogP contribution in [0.3, 0.4) is 0 Å². The van der Waals surface area contributed by atoms with Gasteiger partial charge in [0.15, 0.2) is 0 Å². The van der Waals surface area contributed by atoms with Crippen molar-refractivity contribution in [2.75, 3.05) is 13.2 Å². The molecule has 0 aliphatic carbocycles. The van der Waals surface area contributed by atoms with E-state index in [1.807, 2.05) is 25.1 Å². The fraction of sp³-hybridized carbons (Fsp3) is 0.364. The van der Waals surface area contributed by atoms with Gasteiger partial charge in [-0.25, -0.2) is 0 Å². The van der Waals surface area contributed by atoms with Gasteiger partial charge in [0.25, 0.3) is 0 Å². The maximum atomic E-state index is 10.9. The van der Waals surface area contributed by atoms with E-state index in [1.54, 1.807) is 0 Å². The minimum atomic E-state index is -0.0427. The molecule has 4 heteroatoms. The van der Waals surface area contributed by atoms with Gasteiger partial charge < -0.3 is 10.1 Å². The summed E-state index contributed by atoms with van der Waals surface area (Å²) in [7, 11) is 0. The van der Waals surface area contributed by atoms with Gasteiger partial charge in [-0.3, -0.25) is 4.79 Å². The van der Waals surface area contributed by atoms with Crippen molar-refractivity contribution in [3.63, 3.8) is 0 Å². The molecule has 1 atom stereocenters. The van der Waals surface area contributed by atoms with Crippen LogP contribution in [0.4, 0.5) is 0 Å². The average molecular weight is 270 g/mol. The summed E-state index contributed by atoms with van der Waals surface area (Å²) in [6.45, 7) is 2.74. The van der Waals surface area contributed by atoms with E-state index in [9.17, 15) is 4.79 Å². The van der Waals surface area contributed by atoms with Gasteiger partial charge in [-0.1, -0.05) is 28.1 Å². The van der Waals surface area contributed by atoms with Gasteiger partial charge in [-0.05, 0) is 24.1 Å². The summed E-state index contributed by atoms with van der Waals surface area (Å²) in [4.78, 5) is 10.9. The molecule has 3 nitrogen and oxygen atoms in total. The zero-order valence-corrected chi connectivity index (χ0v) is 10.0. The molecule has 1 aromatic rings. The molecular weight excluding hydrogens is 258 g/mol. The number of carbonyl (C=O) groups excluding carboxylic acids is 1. The lowest BCUT2D eigenvalue weighted by atomic mass is 10.0. The molecule has 2 rings (SSSR count). The van der Waals surface area contributed by atoms with E-state index in [2.05, 4.69) is 21.2 Å². The molecule has 1 fully saturated rings. The van der Waals surface area contributed by atoms with Crippen LogP contribution in [-0.2, 0) is 9.53 Å². The second kappa shape index (κ2) is 4.33. The van der Waals surface area contributed by atoms with E-state index in [1.165, 1.54) is 5.56 Å². The number of amides is 1. The fourth-order valence-corrected chi connectivity index (χ4v) is 2.05. The van der Waals surface area contributed by atoms with Crippen molar-refractivity contribution in [3.8, 4) is 0 Å². The van der Waals surface area contributed by atoms with Gasteiger partial charge in [-0.2, -0.15) is 0 Å². The molecule has 15 heavy (non-hydrogen) atoms. The van der Waals surface area contributed by atoms with Crippen LogP contribution in [0.1, 0.15) is 17.2 Å². The Balaban J connectivity index is 2.22. The van der Waals surface area contributed by atoms with Crippen LogP contribution in [-0.4, -0.2) is 19.1 Å². The zero-order valence-electron chi connectivity index (χ0n) is 8.42. The van der Waals surface area contributed by atoms with Gasteiger partial charge in [-0.15, -0.1) is 0 Å². The molecular formula is C11H12BrNO2. The number of rotatable bonds is 1. The average Bonchev–Trinajstić information content (AvgIpc) is 2.24. The third-order valence-corrected chi connectivity index (χ3v) is 3.42. The van der Waals surface area contributed by atoms with Crippen molar-refractivity contribution in [2.45, 2.75) is 13.0 Å². The lowest BCUT2D eigenvalue weighted by Crippen LogP contribution is -2.38. The Morgan fingerprint density at radius 1 is 1.53 bits per heavy atom. The lowest BCUT2D eigenvalue weighted by molar-refractivity contribution is -0.133. The molecule has 0 bridgehead atoms. The first-order valence-corrected chi connectivity index (χ1v) is 5.61. The highest BCUT2D eigenvalue weighted by Gasteiger charge is 2.21. The number of ether oxygens (including phenoxy) is 1. The normalized spacial score (nSPS) is 21.2. The number of hydrogen-bond donors (Lipinski definition) is 1. The Labute approximate surface area is 96.9 Å². The van der Waals surface area contributed by atoms with Crippen LogP contribution < -0.4 is 5.32 Å². The number of hydrogen-bond acceptors (Lipinski definition) is 2. The van der Waals surface area contributed by atoms with Crippen LogP contribution >= 0.6 is 15.9 Å². The highest BCUT2D eigenvalue weighted by Crippen LogP contribution is 2.27. The summed E-state index contributed by atoms with van der Waals surface area (Å²) in [5, 5.41) is 2.80. The molecule has 0 spiro atoms. The standard InChI is InChI=1S/C11H12BrNO2/c1-7-8(3-2-4-9(7)12)10-5-13-11(14)6-15-10/h2-4,10H,5-6H2,1H3,(H,13,14)/t10-/m0/s1. The summed E-state index contributed by atoms with van der Waals surface area (Å²) in [6.07, 6.45) is -0.0276. The van der Waals surface area contributed by atoms with Crippen LogP contribution in [0.25, 0.3) is 0 Å².